The van der Waals surface area contributed by atoms with Gasteiger partial charge in [0.2, 0.25) is 0 Å². The van der Waals surface area contributed by atoms with E-state index in [1.807, 2.05) is 0 Å². The van der Waals surface area contributed by atoms with Crippen molar-refractivity contribution >= 4 is 0 Å². The molecular formula is C14H26O3. The smallest absolute Gasteiger partial charge is 0.157 e. The highest BCUT2D eigenvalue weighted by atomic mass is 16.7. The van der Waals surface area contributed by atoms with Crippen molar-refractivity contribution in [3.8, 4) is 0 Å². The largest absolute Gasteiger partial charge is 0.376 e. The summed E-state index contributed by atoms with van der Waals surface area (Å²) in [5.41, 5.74) is 0. The lowest BCUT2D eigenvalue weighted by atomic mass is 9.89. The molecule has 0 aromatic carbocycles. The minimum absolute atomic E-state index is 0.0266. The van der Waals surface area contributed by atoms with Crippen molar-refractivity contribution in [2.75, 3.05) is 19.8 Å². The molecule has 1 atom stereocenters. The third kappa shape index (κ3) is 4.94. The molecule has 0 amide bonds. The van der Waals surface area contributed by atoms with Crippen molar-refractivity contribution in [2.45, 2.75) is 64.3 Å². The van der Waals surface area contributed by atoms with Crippen molar-refractivity contribution in [1.29, 1.82) is 0 Å². The summed E-state index contributed by atoms with van der Waals surface area (Å²) >= 11 is 0. The molecule has 0 aromatic heterocycles. The molecule has 0 radical (unpaired) electrons. The Balaban J connectivity index is 1.48. The Bertz CT molecular complexity index is 194. The van der Waals surface area contributed by atoms with Gasteiger partial charge in [0.15, 0.2) is 6.29 Å². The van der Waals surface area contributed by atoms with Crippen molar-refractivity contribution in [3.63, 3.8) is 0 Å². The van der Waals surface area contributed by atoms with Crippen LogP contribution in [0.2, 0.25) is 0 Å². The summed E-state index contributed by atoms with van der Waals surface area (Å²) in [4.78, 5) is 0. The summed E-state index contributed by atoms with van der Waals surface area (Å²) in [5, 5.41) is 0. The van der Waals surface area contributed by atoms with Gasteiger partial charge in [-0.05, 0) is 50.9 Å². The van der Waals surface area contributed by atoms with E-state index in [9.17, 15) is 0 Å². The number of hydrogen-bond donors (Lipinski definition) is 0. The molecule has 2 fully saturated rings. The fraction of sp³-hybridized carbons (Fsp3) is 1.00. The maximum Gasteiger partial charge on any atom is 0.157 e. The van der Waals surface area contributed by atoms with Crippen LogP contribution >= 0.6 is 0 Å². The van der Waals surface area contributed by atoms with Crippen LogP contribution in [-0.2, 0) is 14.2 Å². The van der Waals surface area contributed by atoms with Gasteiger partial charge >= 0.3 is 0 Å². The minimum Gasteiger partial charge on any atom is -0.376 e. The van der Waals surface area contributed by atoms with E-state index >= 15 is 0 Å². The Morgan fingerprint density at radius 3 is 2.41 bits per heavy atom. The van der Waals surface area contributed by atoms with Crippen LogP contribution in [0.5, 0.6) is 0 Å². The highest BCUT2D eigenvalue weighted by Gasteiger charge is 2.19. The van der Waals surface area contributed by atoms with Gasteiger partial charge in [0, 0.05) is 6.61 Å². The zero-order valence-electron chi connectivity index (χ0n) is 11.0. The Morgan fingerprint density at radius 2 is 1.71 bits per heavy atom. The quantitative estimate of drug-likeness (QED) is 0.693. The van der Waals surface area contributed by atoms with E-state index in [1.165, 1.54) is 38.5 Å². The molecule has 1 heterocycles. The molecule has 1 unspecified atom stereocenters. The molecule has 0 spiro atoms. The predicted molar refractivity (Wildman–Crippen MR) is 66.9 cm³/mol. The lowest BCUT2D eigenvalue weighted by molar-refractivity contribution is -0.172. The van der Waals surface area contributed by atoms with Crippen LogP contribution in [0, 0.1) is 5.92 Å². The summed E-state index contributed by atoms with van der Waals surface area (Å²) in [6.07, 6.45) is 9.03. The number of ether oxygens (including phenoxy) is 3. The summed E-state index contributed by atoms with van der Waals surface area (Å²) in [6, 6.07) is 0. The molecule has 0 N–H and O–H groups in total. The molecule has 17 heavy (non-hydrogen) atoms. The summed E-state index contributed by atoms with van der Waals surface area (Å²) < 4.78 is 17.0. The van der Waals surface area contributed by atoms with E-state index in [4.69, 9.17) is 14.2 Å². The predicted octanol–water partition coefficient (Wildman–Crippen LogP) is 3.12. The molecule has 3 nitrogen and oxygen atoms in total. The monoisotopic (exact) mass is 242 g/mol. The highest BCUT2D eigenvalue weighted by Crippen LogP contribution is 2.25. The number of hydrogen-bond acceptors (Lipinski definition) is 3. The normalized spacial score (nSPS) is 34.8. The van der Waals surface area contributed by atoms with Gasteiger partial charge in [-0.15, -0.1) is 0 Å². The topological polar surface area (TPSA) is 27.7 Å². The molecule has 2 rings (SSSR count). The van der Waals surface area contributed by atoms with Crippen LogP contribution < -0.4 is 0 Å². The average molecular weight is 242 g/mol. The first-order chi connectivity index (χ1) is 8.34. The van der Waals surface area contributed by atoms with Crippen LogP contribution in [0.15, 0.2) is 0 Å². The SMILES string of the molecule is C[C@H]1CC[C@H](OCCOC2CCCCO2)CC1. The van der Waals surface area contributed by atoms with E-state index < -0.39 is 0 Å². The van der Waals surface area contributed by atoms with Gasteiger partial charge in [-0.1, -0.05) is 6.92 Å². The molecule has 0 aromatic rings. The van der Waals surface area contributed by atoms with Gasteiger partial charge in [-0.3, -0.25) is 0 Å². The van der Waals surface area contributed by atoms with Gasteiger partial charge in [-0.25, -0.2) is 0 Å². The van der Waals surface area contributed by atoms with Crippen molar-refractivity contribution in [1.82, 2.24) is 0 Å². The van der Waals surface area contributed by atoms with Crippen LogP contribution in [0.4, 0.5) is 0 Å². The van der Waals surface area contributed by atoms with Gasteiger partial charge in [-0.2, -0.15) is 0 Å². The van der Waals surface area contributed by atoms with Gasteiger partial charge in [0.25, 0.3) is 0 Å². The fourth-order valence-corrected chi connectivity index (χ4v) is 2.63. The molecule has 1 aliphatic heterocycles. The minimum atomic E-state index is 0.0266. The molecule has 2 aliphatic rings. The van der Waals surface area contributed by atoms with Gasteiger partial charge in [0.05, 0.1) is 19.3 Å². The molecule has 0 bridgehead atoms. The van der Waals surface area contributed by atoms with E-state index in [-0.39, 0.29) is 6.29 Å². The first-order valence-electron chi connectivity index (χ1n) is 7.19. The van der Waals surface area contributed by atoms with Crippen LogP contribution in [-0.4, -0.2) is 32.2 Å². The molecular weight excluding hydrogens is 216 g/mol. The first kappa shape index (κ1) is 13.3. The second-order valence-electron chi connectivity index (χ2n) is 5.42. The van der Waals surface area contributed by atoms with Crippen molar-refractivity contribution in [3.05, 3.63) is 0 Å². The Labute approximate surface area is 105 Å². The van der Waals surface area contributed by atoms with E-state index in [2.05, 4.69) is 6.92 Å². The van der Waals surface area contributed by atoms with Crippen LogP contribution in [0.3, 0.4) is 0 Å². The van der Waals surface area contributed by atoms with Crippen LogP contribution in [0.25, 0.3) is 0 Å². The molecule has 3 heteroatoms. The Morgan fingerprint density at radius 1 is 0.941 bits per heavy atom. The van der Waals surface area contributed by atoms with Gasteiger partial charge < -0.3 is 14.2 Å². The lowest BCUT2D eigenvalue weighted by Crippen LogP contribution is -2.26. The van der Waals surface area contributed by atoms with Crippen LogP contribution in [0.1, 0.15) is 51.9 Å². The molecule has 1 aliphatic carbocycles. The van der Waals surface area contributed by atoms with E-state index in [0.29, 0.717) is 12.7 Å². The van der Waals surface area contributed by atoms with Crippen molar-refractivity contribution in [2.24, 2.45) is 5.92 Å². The highest BCUT2D eigenvalue weighted by molar-refractivity contribution is 4.69. The Kier molecular flexibility index (Phi) is 5.75. The van der Waals surface area contributed by atoms with E-state index in [1.54, 1.807) is 0 Å². The van der Waals surface area contributed by atoms with Crippen molar-refractivity contribution < 1.29 is 14.2 Å². The fourth-order valence-electron chi connectivity index (χ4n) is 2.63. The average Bonchev–Trinajstić information content (AvgIpc) is 2.38. The summed E-state index contributed by atoms with van der Waals surface area (Å²) in [6.45, 7) is 4.58. The summed E-state index contributed by atoms with van der Waals surface area (Å²) in [5.74, 6) is 0.890. The maximum atomic E-state index is 5.84. The second kappa shape index (κ2) is 7.34. The molecule has 1 saturated heterocycles. The lowest BCUT2D eigenvalue weighted by Gasteiger charge is -2.27. The standard InChI is InChI=1S/C14H26O3/c1-12-5-7-13(8-6-12)15-10-11-17-14-4-2-3-9-16-14/h12-14H,2-11H2,1H3/t12-,13-,14?. The zero-order chi connectivity index (χ0) is 11.9. The number of rotatable bonds is 5. The van der Waals surface area contributed by atoms with E-state index in [0.717, 1.165) is 25.6 Å². The first-order valence-corrected chi connectivity index (χ1v) is 7.19. The third-order valence-corrected chi connectivity index (χ3v) is 3.84. The van der Waals surface area contributed by atoms with Gasteiger partial charge in [0.1, 0.15) is 0 Å². The summed E-state index contributed by atoms with van der Waals surface area (Å²) in [7, 11) is 0. The molecule has 100 valence electrons. The maximum absolute atomic E-state index is 5.84. The zero-order valence-corrected chi connectivity index (χ0v) is 11.0. The third-order valence-electron chi connectivity index (χ3n) is 3.84. The molecule has 1 saturated carbocycles. The Hall–Kier alpha value is -0.120. The second-order valence-corrected chi connectivity index (χ2v) is 5.42.